The van der Waals surface area contributed by atoms with Crippen molar-refractivity contribution in [2.24, 2.45) is 5.92 Å². The average molecular weight is 478 g/mol. The number of anilines is 3. The third kappa shape index (κ3) is 6.27. The molecule has 7 heteroatoms. The smallest absolute Gasteiger partial charge is 0.257 e. The summed E-state index contributed by atoms with van der Waals surface area (Å²) in [5.74, 6) is 1.01. The van der Waals surface area contributed by atoms with Gasteiger partial charge in [-0.1, -0.05) is 26.0 Å². The van der Waals surface area contributed by atoms with Crippen LogP contribution in [0.3, 0.4) is 0 Å². The highest BCUT2D eigenvalue weighted by Crippen LogP contribution is 2.36. The van der Waals surface area contributed by atoms with Crippen LogP contribution in [0.2, 0.25) is 0 Å². The van der Waals surface area contributed by atoms with Gasteiger partial charge in [0.15, 0.2) is 5.82 Å². The summed E-state index contributed by atoms with van der Waals surface area (Å²) in [4.78, 5) is 37.3. The Hall–Kier alpha value is -2.77. The fraction of sp³-hybridized carbons (Fsp3) is 0.536. The van der Waals surface area contributed by atoms with Crippen molar-refractivity contribution < 1.29 is 9.59 Å². The number of aromatic nitrogens is 1. The highest BCUT2D eigenvalue weighted by atomic mass is 16.2. The summed E-state index contributed by atoms with van der Waals surface area (Å²) in [5, 5.41) is 2.90. The molecular formula is C28H39N5O2. The second-order valence-electron chi connectivity index (χ2n) is 9.66. The number of carbonyl (C=O) groups is 2. The van der Waals surface area contributed by atoms with E-state index < -0.39 is 0 Å². The number of para-hydroxylation sites is 1. The van der Waals surface area contributed by atoms with E-state index in [9.17, 15) is 9.59 Å². The van der Waals surface area contributed by atoms with Crippen molar-refractivity contribution >= 4 is 29.0 Å². The Morgan fingerprint density at radius 1 is 1.14 bits per heavy atom. The van der Waals surface area contributed by atoms with Crippen LogP contribution < -0.4 is 10.2 Å². The topological polar surface area (TPSA) is 68.8 Å². The predicted molar refractivity (Wildman–Crippen MR) is 141 cm³/mol. The summed E-state index contributed by atoms with van der Waals surface area (Å²) in [5.41, 5.74) is 1.65. The maximum absolute atomic E-state index is 13.5. The van der Waals surface area contributed by atoms with Gasteiger partial charge in [0.05, 0.1) is 16.9 Å². The van der Waals surface area contributed by atoms with Gasteiger partial charge in [0, 0.05) is 19.2 Å². The lowest BCUT2D eigenvalue weighted by molar-refractivity contribution is -0.118. The molecule has 1 aromatic carbocycles. The summed E-state index contributed by atoms with van der Waals surface area (Å²) >= 11 is 0. The highest BCUT2D eigenvalue weighted by Gasteiger charge is 2.30. The first-order chi connectivity index (χ1) is 17.1. The van der Waals surface area contributed by atoms with Gasteiger partial charge in [-0.15, -0.1) is 0 Å². The van der Waals surface area contributed by atoms with Gasteiger partial charge in [0.25, 0.3) is 5.91 Å². The Bertz CT molecular complexity index is 1010. The van der Waals surface area contributed by atoms with Gasteiger partial charge in [0.2, 0.25) is 5.91 Å². The molecule has 188 valence electrons. The lowest BCUT2D eigenvalue weighted by Gasteiger charge is -2.33. The molecule has 2 aromatic rings. The first-order valence-electron chi connectivity index (χ1n) is 13.2. The van der Waals surface area contributed by atoms with Crippen molar-refractivity contribution in [3.63, 3.8) is 0 Å². The zero-order valence-corrected chi connectivity index (χ0v) is 21.2. The van der Waals surface area contributed by atoms with E-state index in [1.165, 1.54) is 32.2 Å². The monoisotopic (exact) mass is 477 g/mol. The number of carbonyl (C=O) groups excluding carboxylic acids is 2. The summed E-state index contributed by atoms with van der Waals surface area (Å²) in [6.45, 7) is 11.1. The first-order valence-corrected chi connectivity index (χ1v) is 13.2. The molecule has 1 atom stereocenters. The fourth-order valence-electron chi connectivity index (χ4n) is 5.39. The number of nitrogens with one attached hydrogen (secondary N) is 1. The van der Waals surface area contributed by atoms with Crippen LogP contribution in [0.4, 0.5) is 17.2 Å². The fourth-order valence-corrected chi connectivity index (χ4v) is 5.39. The molecule has 7 nitrogen and oxygen atoms in total. The predicted octanol–water partition coefficient (Wildman–Crippen LogP) is 4.93. The van der Waals surface area contributed by atoms with Crippen molar-refractivity contribution in [2.75, 3.05) is 49.5 Å². The van der Waals surface area contributed by atoms with E-state index in [2.05, 4.69) is 33.9 Å². The maximum Gasteiger partial charge on any atom is 0.257 e. The standard InChI is InChI=1S/C28H39N5O2/c1-3-31(4-2)18-8-11-22-12-9-19-32(21-22)20-10-16-26(34)33-25-15-6-5-13-23(25)28(35)30-24-14-7-17-29-27(24)33/h5-7,13-15,17,22H,3-4,8-12,16,18-21H2,1-2H3,(H,30,35). The second-order valence-corrected chi connectivity index (χ2v) is 9.66. The molecule has 1 unspecified atom stereocenters. The number of hydrogen-bond acceptors (Lipinski definition) is 5. The number of likely N-dealkylation sites (tertiary alicyclic amines) is 1. The van der Waals surface area contributed by atoms with E-state index in [1.807, 2.05) is 18.2 Å². The minimum absolute atomic E-state index is 0.0262. The quantitative estimate of drug-likeness (QED) is 0.526. The van der Waals surface area contributed by atoms with E-state index in [4.69, 9.17) is 0 Å². The molecule has 0 saturated carbocycles. The van der Waals surface area contributed by atoms with E-state index in [1.54, 1.807) is 29.3 Å². The number of piperidine rings is 1. The van der Waals surface area contributed by atoms with Crippen LogP contribution in [0, 0.1) is 5.92 Å². The number of rotatable bonds is 10. The van der Waals surface area contributed by atoms with Gasteiger partial charge in [-0.3, -0.25) is 14.5 Å². The van der Waals surface area contributed by atoms with Gasteiger partial charge in [-0.05, 0) is 95.0 Å². The normalized spacial score (nSPS) is 18.1. The highest BCUT2D eigenvalue weighted by molar-refractivity contribution is 6.17. The van der Waals surface area contributed by atoms with Gasteiger partial charge < -0.3 is 15.1 Å². The Morgan fingerprint density at radius 3 is 2.80 bits per heavy atom. The average Bonchev–Trinajstić information content (AvgIpc) is 3.00. The molecule has 3 heterocycles. The Kier molecular flexibility index (Phi) is 8.88. The zero-order chi connectivity index (χ0) is 24.6. The van der Waals surface area contributed by atoms with E-state index in [0.29, 0.717) is 29.2 Å². The van der Waals surface area contributed by atoms with Crippen molar-refractivity contribution in [1.29, 1.82) is 0 Å². The Morgan fingerprint density at radius 2 is 1.97 bits per heavy atom. The van der Waals surface area contributed by atoms with Crippen molar-refractivity contribution in [1.82, 2.24) is 14.8 Å². The lowest BCUT2D eigenvalue weighted by Crippen LogP contribution is -2.37. The minimum Gasteiger partial charge on any atom is -0.319 e. The molecule has 35 heavy (non-hydrogen) atoms. The molecular weight excluding hydrogens is 438 g/mol. The van der Waals surface area contributed by atoms with Gasteiger partial charge in [0.1, 0.15) is 0 Å². The summed E-state index contributed by atoms with van der Waals surface area (Å²) in [6.07, 6.45) is 8.00. The van der Waals surface area contributed by atoms with Crippen molar-refractivity contribution in [3.05, 3.63) is 48.2 Å². The molecule has 1 fully saturated rings. The third-order valence-electron chi connectivity index (χ3n) is 7.33. The SMILES string of the molecule is CCN(CC)CCCC1CCCN(CCCC(=O)N2c3ccccc3C(=O)Nc3cccnc32)C1. The Labute approximate surface area is 209 Å². The number of fused-ring (bicyclic) bond motifs is 2. The van der Waals surface area contributed by atoms with Crippen LogP contribution >= 0.6 is 0 Å². The summed E-state index contributed by atoms with van der Waals surface area (Å²) < 4.78 is 0. The first kappa shape index (κ1) is 25.3. The number of hydrogen-bond donors (Lipinski definition) is 1. The molecule has 2 aliphatic rings. The van der Waals surface area contributed by atoms with Gasteiger partial charge in [-0.2, -0.15) is 0 Å². The van der Waals surface area contributed by atoms with E-state index in [0.717, 1.165) is 45.1 Å². The Balaban J connectivity index is 1.34. The largest absolute Gasteiger partial charge is 0.319 e. The van der Waals surface area contributed by atoms with E-state index >= 15 is 0 Å². The van der Waals surface area contributed by atoms with Gasteiger partial charge >= 0.3 is 0 Å². The number of nitrogens with zero attached hydrogens (tertiary/aromatic N) is 4. The number of amides is 2. The van der Waals surface area contributed by atoms with Crippen LogP contribution in [-0.4, -0.2) is 65.9 Å². The molecule has 1 N–H and O–H groups in total. The molecule has 1 aromatic heterocycles. The molecule has 0 bridgehead atoms. The third-order valence-corrected chi connectivity index (χ3v) is 7.33. The van der Waals surface area contributed by atoms with Crippen LogP contribution in [0.15, 0.2) is 42.6 Å². The zero-order valence-electron chi connectivity index (χ0n) is 21.2. The van der Waals surface area contributed by atoms with Crippen LogP contribution in [0.1, 0.15) is 62.7 Å². The molecule has 2 aliphatic heterocycles. The summed E-state index contributed by atoms with van der Waals surface area (Å²) in [7, 11) is 0. The van der Waals surface area contributed by atoms with Crippen LogP contribution in [-0.2, 0) is 4.79 Å². The molecule has 2 amide bonds. The molecule has 4 rings (SSSR count). The lowest BCUT2D eigenvalue weighted by atomic mass is 9.93. The summed E-state index contributed by atoms with van der Waals surface area (Å²) in [6, 6.07) is 10.8. The van der Waals surface area contributed by atoms with Crippen molar-refractivity contribution in [2.45, 2.75) is 52.4 Å². The van der Waals surface area contributed by atoms with Crippen LogP contribution in [0.25, 0.3) is 0 Å². The number of pyridine rings is 1. The van der Waals surface area contributed by atoms with E-state index in [-0.39, 0.29) is 11.8 Å². The van der Waals surface area contributed by atoms with Crippen LogP contribution in [0.5, 0.6) is 0 Å². The maximum atomic E-state index is 13.5. The van der Waals surface area contributed by atoms with Gasteiger partial charge in [-0.25, -0.2) is 4.98 Å². The molecule has 0 radical (unpaired) electrons. The van der Waals surface area contributed by atoms with Crippen molar-refractivity contribution in [3.8, 4) is 0 Å². The second kappa shape index (κ2) is 12.3. The molecule has 0 aliphatic carbocycles. The molecule has 1 saturated heterocycles. The number of benzene rings is 1. The molecule has 0 spiro atoms. The minimum atomic E-state index is -0.217.